The summed E-state index contributed by atoms with van der Waals surface area (Å²) in [5, 5.41) is 2.78. The standard InChI is InChI=1S/C9H10F3N3S/c1-13-8(16)15-14-7-5-3-2-4-6(7)9(10,11)12/h2-5,14H,1H3,(H2,13,15,16). The van der Waals surface area contributed by atoms with Gasteiger partial charge in [-0.3, -0.25) is 10.9 Å². The highest BCUT2D eigenvalue weighted by atomic mass is 32.1. The normalized spacial score (nSPS) is 10.8. The second kappa shape index (κ2) is 5.02. The Morgan fingerprint density at radius 2 is 1.88 bits per heavy atom. The van der Waals surface area contributed by atoms with Gasteiger partial charge in [-0.05, 0) is 24.4 Å². The van der Waals surface area contributed by atoms with Crippen LogP contribution in [-0.4, -0.2) is 12.2 Å². The van der Waals surface area contributed by atoms with Gasteiger partial charge in [0.2, 0.25) is 0 Å². The van der Waals surface area contributed by atoms with Gasteiger partial charge in [-0.25, -0.2) is 0 Å². The van der Waals surface area contributed by atoms with Crippen molar-refractivity contribution >= 4 is 23.0 Å². The van der Waals surface area contributed by atoms with E-state index in [1.54, 1.807) is 7.05 Å². The lowest BCUT2D eigenvalue weighted by molar-refractivity contribution is -0.137. The number of thiocarbonyl (C=S) groups is 1. The molecule has 3 nitrogen and oxygen atoms in total. The van der Waals surface area contributed by atoms with E-state index in [-0.39, 0.29) is 10.8 Å². The first-order chi connectivity index (χ1) is 7.45. The van der Waals surface area contributed by atoms with Gasteiger partial charge in [0.25, 0.3) is 0 Å². The molecule has 0 aliphatic rings. The number of anilines is 1. The first-order valence-electron chi connectivity index (χ1n) is 4.35. The number of para-hydroxylation sites is 1. The van der Waals surface area contributed by atoms with E-state index in [0.29, 0.717) is 0 Å². The van der Waals surface area contributed by atoms with Crippen LogP contribution in [0.2, 0.25) is 0 Å². The van der Waals surface area contributed by atoms with Gasteiger partial charge in [0, 0.05) is 7.05 Å². The molecular weight excluding hydrogens is 239 g/mol. The summed E-state index contributed by atoms with van der Waals surface area (Å²) in [6.45, 7) is 0. The van der Waals surface area contributed by atoms with Crippen molar-refractivity contribution in [3.05, 3.63) is 29.8 Å². The third-order valence-electron chi connectivity index (χ3n) is 1.77. The Kier molecular flexibility index (Phi) is 3.94. The van der Waals surface area contributed by atoms with Crippen molar-refractivity contribution in [3.63, 3.8) is 0 Å². The van der Waals surface area contributed by atoms with E-state index in [2.05, 4.69) is 16.2 Å². The molecule has 0 fully saturated rings. The lowest BCUT2D eigenvalue weighted by atomic mass is 10.2. The van der Waals surface area contributed by atoms with Crippen LogP contribution in [0.4, 0.5) is 18.9 Å². The zero-order valence-electron chi connectivity index (χ0n) is 8.35. The number of benzene rings is 1. The average Bonchev–Trinajstić information content (AvgIpc) is 2.25. The molecule has 0 unspecified atom stereocenters. The molecule has 1 rings (SSSR count). The minimum Gasteiger partial charge on any atom is -0.364 e. The van der Waals surface area contributed by atoms with Crippen LogP contribution in [0.1, 0.15) is 5.56 Å². The van der Waals surface area contributed by atoms with Gasteiger partial charge in [-0.1, -0.05) is 12.1 Å². The van der Waals surface area contributed by atoms with Gasteiger partial charge in [-0.2, -0.15) is 13.2 Å². The maximum absolute atomic E-state index is 12.5. The molecule has 0 heterocycles. The van der Waals surface area contributed by atoms with Crippen LogP contribution in [-0.2, 0) is 6.18 Å². The summed E-state index contributed by atoms with van der Waals surface area (Å²) in [6, 6.07) is 5.13. The van der Waals surface area contributed by atoms with Crippen LogP contribution >= 0.6 is 12.2 Å². The Morgan fingerprint density at radius 1 is 1.25 bits per heavy atom. The fraction of sp³-hybridized carbons (Fsp3) is 0.222. The molecule has 0 amide bonds. The monoisotopic (exact) mass is 249 g/mol. The predicted molar refractivity (Wildman–Crippen MR) is 59.9 cm³/mol. The maximum Gasteiger partial charge on any atom is 0.418 e. The molecule has 0 atom stereocenters. The first-order valence-corrected chi connectivity index (χ1v) is 4.76. The van der Waals surface area contributed by atoms with Crippen LogP contribution in [0.15, 0.2) is 24.3 Å². The summed E-state index contributed by atoms with van der Waals surface area (Å²) in [7, 11) is 1.56. The van der Waals surface area contributed by atoms with Crippen molar-refractivity contribution in [2.24, 2.45) is 0 Å². The number of rotatable bonds is 2. The van der Waals surface area contributed by atoms with Crippen LogP contribution in [0.3, 0.4) is 0 Å². The topological polar surface area (TPSA) is 36.1 Å². The van der Waals surface area contributed by atoms with Crippen LogP contribution in [0.5, 0.6) is 0 Å². The lowest BCUT2D eigenvalue weighted by Gasteiger charge is -2.15. The number of nitrogens with one attached hydrogen (secondary N) is 3. The number of hydrazine groups is 1. The van der Waals surface area contributed by atoms with Crippen molar-refractivity contribution in [1.29, 1.82) is 0 Å². The maximum atomic E-state index is 12.5. The first kappa shape index (κ1) is 12.6. The molecule has 1 aromatic carbocycles. The molecule has 0 spiro atoms. The largest absolute Gasteiger partial charge is 0.418 e. The molecule has 0 aliphatic heterocycles. The van der Waals surface area contributed by atoms with Gasteiger partial charge in [0.05, 0.1) is 11.3 Å². The minimum atomic E-state index is -4.40. The molecule has 16 heavy (non-hydrogen) atoms. The fourth-order valence-corrected chi connectivity index (χ4v) is 1.08. The Labute approximate surface area is 96.0 Å². The Balaban J connectivity index is 2.84. The lowest BCUT2D eigenvalue weighted by Crippen LogP contribution is -2.37. The molecule has 0 bridgehead atoms. The second-order valence-electron chi connectivity index (χ2n) is 2.87. The summed E-state index contributed by atoms with van der Waals surface area (Å²) >= 11 is 4.73. The average molecular weight is 249 g/mol. The predicted octanol–water partition coefficient (Wildman–Crippen LogP) is 2.13. The Bertz CT molecular complexity index is 379. The van der Waals surface area contributed by atoms with Crippen LogP contribution in [0.25, 0.3) is 0 Å². The van der Waals surface area contributed by atoms with E-state index in [1.165, 1.54) is 18.2 Å². The molecule has 0 aliphatic carbocycles. The van der Waals surface area contributed by atoms with Crippen molar-refractivity contribution < 1.29 is 13.2 Å². The van der Waals surface area contributed by atoms with Crippen molar-refractivity contribution in [1.82, 2.24) is 10.7 Å². The third-order valence-corrected chi connectivity index (χ3v) is 2.08. The highest BCUT2D eigenvalue weighted by Gasteiger charge is 2.33. The van der Waals surface area contributed by atoms with E-state index in [0.717, 1.165) is 6.07 Å². The van der Waals surface area contributed by atoms with E-state index in [1.807, 2.05) is 0 Å². The van der Waals surface area contributed by atoms with E-state index in [4.69, 9.17) is 12.2 Å². The number of hydrogen-bond acceptors (Lipinski definition) is 2. The minimum absolute atomic E-state index is 0.0763. The zero-order valence-corrected chi connectivity index (χ0v) is 9.17. The SMILES string of the molecule is CNC(=S)NNc1ccccc1C(F)(F)F. The molecule has 0 saturated heterocycles. The summed E-state index contributed by atoms with van der Waals surface area (Å²) < 4.78 is 37.6. The fourth-order valence-electron chi connectivity index (χ4n) is 1.03. The number of hydrogen-bond donors (Lipinski definition) is 3. The van der Waals surface area contributed by atoms with Crippen molar-refractivity contribution in [2.45, 2.75) is 6.18 Å². The zero-order chi connectivity index (χ0) is 12.2. The van der Waals surface area contributed by atoms with E-state index >= 15 is 0 Å². The molecule has 3 N–H and O–H groups in total. The van der Waals surface area contributed by atoms with Gasteiger partial charge in [0.1, 0.15) is 0 Å². The van der Waals surface area contributed by atoms with E-state index in [9.17, 15) is 13.2 Å². The highest BCUT2D eigenvalue weighted by molar-refractivity contribution is 7.80. The molecule has 0 aromatic heterocycles. The van der Waals surface area contributed by atoms with Gasteiger partial charge in [-0.15, -0.1) is 0 Å². The van der Waals surface area contributed by atoms with E-state index < -0.39 is 11.7 Å². The van der Waals surface area contributed by atoms with Crippen LogP contribution < -0.4 is 16.2 Å². The van der Waals surface area contributed by atoms with Crippen LogP contribution in [0, 0.1) is 0 Å². The third kappa shape index (κ3) is 3.27. The van der Waals surface area contributed by atoms with Gasteiger partial charge < -0.3 is 5.32 Å². The van der Waals surface area contributed by atoms with Gasteiger partial charge in [0.15, 0.2) is 5.11 Å². The Hall–Kier alpha value is -1.50. The molecule has 7 heteroatoms. The Morgan fingerprint density at radius 3 is 2.44 bits per heavy atom. The molecule has 0 radical (unpaired) electrons. The summed E-state index contributed by atoms with van der Waals surface area (Å²) in [6.07, 6.45) is -4.40. The molecule has 1 aromatic rings. The molecule has 88 valence electrons. The summed E-state index contributed by atoms with van der Waals surface area (Å²) in [5.74, 6) is 0. The number of alkyl halides is 3. The number of halogens is 3. The quantitative estimate of drug-likeness (QED) is 0.554. The second-order valence-corrected chi connectivity index (χ2v) is 3.28. The highest BCUT2D eigenvalue weighted by Crippen LogP contribution is 2.34. The van der Waals surface area contributed by atoms with Crippen molar-refractivity contribution in [2.75, 3.05) is 12.5 Å². The smallest absolute Gasteiger partial charge is 0.364 e. The molecule has 0 saturated carbocycles. The van der Waals surface area contributed by atoms with Gasteiger partial charge >= 0.3 is 6.18 Å². The summed E-state index contributed by atoms with van der Waals surface area (Å²) in [5.41, 5.74) is 4.00. The molecular formula is C9H10F3N3S. The van der Waals surface area contributed by atoms with Crippen molar-refractivity contribution in [3.8, 4) is 0 Å². The summed E-state index contributed by atoms with van der Waals surface area (Å²) in [4.78, 5) is 0.